The molecule has 0 saturated carbocycles. The van der Waals surface area contributed by atoms with Gasteiger partial charge in [-0.05, 0) is 55.3 Å². The quantitative estimate of drug-likeness (QED) is 0.732. The molecule has 0 aliphatic heterocycles. The number of hydrogen-bond acceptors (Lipinski definition) is 4. The van der Waals surface area contributed by atoms with E-state index < -0.39 is 0 Å². The molecule has 0 radical (unpaired) electrons. The molecule has 5 nitrogen and oxygen atoms in total. The summed E-state index contributed by atoms with van der Waals surface area (Å²) in [5.41, 5.74) is 2.61. The van der Waals surface area contributed by atoms with Crippen molar-refractivity contribution in [2.24, 2.45) is 0 Å². The minimum atomic E-state index is -0.0702. The van der Waals surface area contributed by atoms with Crippen molar-refractivity contribution in [2.45, 2.75) is 13.3 Å². The highest BCUT2D eigenvalue weighted by Crippen LogP contribution is 2.11. The summed E-state index contributed by atoms with van der Waals surface area (Å²) in [6.07, 6.45) is 0.767. The van der Waals surface area contributed by atoms with E-state index in [4.69, 9.17) is 4.74 Å². The van der Waals surface area contributed by atoms with Crippen molar-refractivity contribution in [3.63, 3.8) is 0 Å². The topological polar surface area (TPSA) is 67.4 Å². The molecule has 5 heteroatoms. The highest BCUT2D eigenvalue weighted by Gasteiger charge is 2.03. The first-order valence-corrected chi connectivity index (χ1v) is 7.83. The minimum Gasteiger partial charge on any atom is -0.497 e. The Balaban J connectivity index is 1.70. The number of carbonyl (C=O) groups is 2. The molecule has 0 aromatic heterocycles. The maximum Gasteiger partial charge on any atom is 0.239 e. The molecule has 1 amide bonds. The molecule has 0 fully saturated rings. The summed E-state index contributed by atoms with van der Waals surface area (Å²) in [7, 11) is 1.63. The van der Waals surface area contributed by atoms with Gasteiger partial charge in [0.2, 0.25) is 5.91 Å². The lowest BCUT2D eigenvalue weighted by atomic mass is 10.1. The molecule has 126 valence electrons. The van der Waals surface area contributed by atoms with Crippen molar-refractivity contribution in [3.8, 4) is 5.75 Å². The Morgan fingerprint density at radius 1 is 1.00 bits per heavy atom. The summed E-state index contributed by atoms with van der Waals surface area (Å²) in [5, 5.41) is 5.91. The third-order valence-corrected chi connectivity index (χ3v) is 3.64. The molecule has 0 spiro atoms. The van der Waals surface area contributed by atoms with E-state index in [0.717, 1.165) is 23.4 Å². The van der Waals surface area contributed by atoms with Gasteiger partial charge >= 0.3 is 0 Å². The Labute approximate surface area is 142 Å². The summed E-state index contributed by atoms with van der Waals surface area (Å²) < 4.78 is 5.11. The Bertz CT molecular complexity index is 679. The summed E-state index contributed by atoms with van der Waals surface area (Å²) in [6.45, 7) is 2.30. The lowest BCUT2D eigenvalue weighted by Crippen LogP contribution is -2.31. The number of benzene rings is 2. The van der Waals surface area contributed by atoms with Crippen molar-refractivity contribution in [2.75, 3.05) is 25.5 Å². The number of methoxy groups -OCH3 is 1. The van der Waals surface area contributed by atoms with Gasteiger partial charge in [0, 0.05) is 17.8 Å². The van der Waals surface area contributed by atoms with E-state index in [9.17, 15) is 9.59 Å². The van der Waals surface area contributed by atoms with Crippen LogP contribution in [0.2, 0.25) is 0 Å². The van der Waals surface area contributed by atoms with Crippen LogP contribution in [0, 0.1) is 0 Å². The van der Waals surface area contributed by atoms with E-state index in [1.54, 1.807) is 31.4 Å². The highest BCUT2D eigenvalue weighted by molar-refractivity contribution is 5.94. The number of ketones is 1. The van der Waals surface area contributed by atoms with Crippen molar-refractivity contribution in [1.82, 2.24) is 5.32 Å². The van der Waals surface area contributed by atoms with Crippen LogP contribution in [0.15, 0.2) is 48.5 Å². The van der Waals surface area contributed by atoms with Crippen molar-refractivity contribution >= 4 is 17.4 Å². The first-order chi connectivity index (χ1) is 11.6. The van der Waals surface area contributed by atoms with E-state index >= 15 is 0 Å². The molecule has 0 aliphatic rings. The molecule has 0 heterocycles. The Morgan fingerprint density at radius 2 is 1.67 bits per heavy atom. The molecule has 0 unspecified atom stereocenters. The number of amides is 1. The van der Waals surface area contributed by atoms with Crippen molar-refractivity contribution in [1.29, 1.82) is 0 Å². The normalized spacial score (nSPS) is 10.1. The molecule has 0 aliphatic carbocycles. The van der Waals surface area contributed by atoms with Crippen LogP contribution >= 0.6 is 0 Å². The second-order valence-corrected chi connectivity index (χ2v) is 5.44. The van der Waals surface area contributed by atoms with E-state index in [1.807, 2.05) is 24.3 Å². The lowest BCUT2D eigenvalue weighted by molar-refractivity contribution is -0.119. The number of carbonyl (C=O) groups excluding carboxylic acids is 2. The fraction of sp³-hybridized carbons (Fsp3) is 0.263. The number of hydrogen-bond donors (Lipinski definition) is 2. The molecule has 0 atom stereocenters. The molecule has 2 N–H and O–H groups in total. The van der Waals surface area contributed by atoms with Crippen LogP contribution in [-0.4, -0.2) is 31.9 Å². The summed E-state index contributed by atoms with van der Waals surface area (Å²) in [6, 6.07) is 14.9. The lowest BCUT2D eigenvalue weighted by Gasteiger charge is -2.08. The molecule has 24 heavy (non-hydrogen) atoms. The number of rotatable bonds is 8. The summed E-state index contributed by atoms with van der Waals surface area (Å²) >= 11 is 0. The van der Waals surface area contributed by atoms with E-state index in [0.29, 0.717) is 12.1 Å². The van der Waals surface area contributed by atoms with Crippen LogP contribution in [0.4, 0.5) is 5.69 Å². The molecular weight excluding hydrogens is 304 g/mol. The van der Waals surface area contributed by atoms with E-state index in [2.05, 4.69) is 10.6 Å². The van der Waals surface area contributed by atoms with Crippen molar-refractivity contribution < 1.29 is 14.3 Å². The zero-order valence-corrected chi connectivity index (χ0v) is 14.0. The number of anilines is 1. The van der Waals surface area contributed by atoms with Crippen LogP contribution in [0.1, 0.15) is 22.8 Å². The smallest absolute Gasteiger partial charge is 0.239 e. The first kappa shape index (κ1) is 17.5. The van der Waals surface area contributed by atoms with Gasteiger partial charge in [-0.1, -0.05) is 12.1 Å². The van der Waals surface area contributed by atoms with Crippen molar-refractivity contribution in [3.05, 3.63) is 59.7 Å². The zero-order chi connectivity index (χ0) is 17.4. The van der Waals surface area contributed by atoms with Crippen LogP contribution in [0.25, 0.3) is 0 Å². The van der Waals surface area contributed by atoms with Gasteiger partial charge in [0.1, 0.15) is 5.75 Å². The summed E-state index contributed by atoms with van der Waals surface area (Å²) in [4.78, 5) is 23.0. The summed E-state index contributed by atoms with van der Waals surface area (Å²) in [5.74, 6) is 0.778. The standard InChI is InChI=1S/C19H22N2O3/c1-14(22)16-5-7-17(8-6-16)21-13-19(23)20-12-11-15-3-9-18(24-2)10-4-15/h3-10,21H,11-13H2,1-2H3,(H,20,23). The highest BCUT2D eigenvalue weighted by atomic mass is 16.5. The maximum absolute atomic E-state index is 11.8. The van der Waals surface area contributed by atoms with E-state index in [1.165, 1.54) is 6.92 Å². The van der Waals surface area contributed by atoms with E-state index in [-0.39, 0.29) is 18.2 Å². The third-order valence-electron chi connectivity index (χ3n) is 3.64. The predicted octanol–water partition coefficient (Wildman–Crippen LogP) is 2.67. The van der Waals surface area contributed by atoms with Gasteiger partial charge in [0.05, 0.1) is 13.7 Å². The van der Waals surface area contributed by atoms with Gasteiger partial charge < -0.3 is 15.4 Å². The Hall–Kier alpha value is -2.82. The number of ether oxygens (including phenoxy) is 1. The SMILES string of the molecule is COc1ccc(CCNC(=O)CNc2ccc(C(C)=O)cc2)cc1. The molecule has 2 aromatic carbocycles. The van der Waals surface area contributed by atoms with Crippen LogP contribution in [0.5, 0.6) is 5.75 Å². The van der Waals surface area contributed by atoms with Gasteiger partial charge in [-0.15, -0.1) is 0 Å². The molecule has 2 rings (SSSR count). The Kier molecular flexibility index (Phi) is 6.37. The van der Waals surface area contributed by atoms with Gasteiger partial charge in [-0.2, -0.15) is 0 Å². The van der Waals surface area contributed by atoms with Crippen LogP contribution in [-0.2, 0) is 11.2 Å². The predicted molar refractivity (Wildman–Crippen MR) is 94.6 cm³/mol. The number of Topliss-reactive ketones (excluding diaryl/α,β-unsaturated/α-hetero) is 1. The largest absolute Gasteiger partial charge is 0.497 e. The molecular formula is C19H22N2O3. The van der Waals surface area contributed by atoms with Gasteiger partial charge in [0.15, 0.2) is 5.78 Å². The van der Waals surface area contributed by atoms with Gasteiger partial charge in [0.25, 0.3) is 0 Å². The number of nitrogens with one attached hydrogen (secondary N) is 2. The first-order valence-electron chi connectivity index (χ1n) is 7.83. The monoisotopic (exact) mass is 326 g/mol. The molecule has 0 bridgehead atoms. The molecule has 0 saturated heterocycles. The Morgan fingerprint density at radius 3 is 2.25 bits per heavy atom. The van der Waals surface area contributed by atoms with Crippen LogP contribution in [0.3, 0.4) is 0 Å². The van der Waals surface area contributed by atoms with Crippen LogP contribution < -0.4 is 15.4 Å². The minimum absolute atomic E-state index is 0.0258. The zero-order valence-electron chi connectivity index (χ0n) is 14.0. The average molecular weight is 326 g/mol. The average Bonchev–Trinajstić information content (AvgIpc) is 2.61. The second-order valence-electron chi connectivity index (χ2n) is 5.44. The third kappa shape index (κ3) is 5.43. The maximum atomic E-state index is 11.8. The second kappa shape index (κ2) is 8.72. The fourth-order valence-corrected chi connectivity index (χ4v) is 2.21. The molecule has 2 aromatic rings. The van der Waals surface area contributed by atoms with Gasteiger partial charge in [-0.3, -0.25) is 9.59 Å². The fourth-order valence-electron chi connectivity index (χ4n) is 2.21. The van der Waals surface area contributed by atoms with Gasteiger partial charge in [-0.25, -0.2) is 0 Å².